The molecule has 1 aliphatic rings. The third-order valence-corrected chi connectivity index (χ3v) is 4.58. The molecule has 1 saturated carbocycles. The zero-order valence-electron chi connectivity index (χ0n) is 14.9. The Morgan fingerprint density at radius 2 is 2.14 bits per heavy atom. The minimum atomic E-state index is -0.501. The predicted molar refractivity (Wildman–Crippen MR) is 106 cm³/mol. The number of imidazole rings is 1. The largest absolute Gasteiger partial charge is 0.493 e. The Kier molecular flexibility index (Phi) is 4.06. The third kappa shape index (κ3) is 3.57. The molecule has 4 N–H and O–H groups in total. The van der Waals surface area contributed by atoms with Gasteiger partial charge in [-0.2, -0.15) is 9.61 Å². The van der Waals surface area contributed by atoms with Crippen LogP contribution in [0.5, 0.6) is 5.88 Å². The lowest BCUT2D eigenvalue weighted by atomic mass is 10.3. The van der Waals surface area contributed by atoms with E-state index in [9.17, 15) is 9.90 Å². The van der Waals surface area contributed by atoms with Gasteiger partial charge in [-0.15, -0.1) is 0 Å². The summed E-state index contributed by atoms with van der Waals surface area (Å²) in [6.45, 7) is 0. The van der Waals surface area contributed by atoms with Crippen molar-refractivity contribution in [3.63, 3.8) is 0 Å². The molecule has 146 valence electrons. The first-order valence-electron chi connectivity index (χ1n) is 8.89. The number of aromatic hydroxyl groups is 1. The summed E-state index contributed by atoms with van der Waals surface area (Å²) in [4.78, 5) is 29.7. The number of anilines is 2. The topological polar surface area (TPSA) is 136 Å². The van der Waals surface area contributed by atoms with Gasteiger partial charge in [-0.1, -0.05) is 11.6 Å². The number of rotatable bonds is 4. The van der Waals surface area contributed by atoms with Crippen LogP contribution in [0.25, 0.3) is 11.7 Å². The highest BCUT2D eigenvalue weighted by molar-refractivity contribution is 6.30. The molecule has 10 nitrogen and oxygen atoms in total. The van der Waals surface area contributed by atoms with Gasteiger partial charge in [-0.25, -0.2) is 14.8 Å². The standard InChI is InChI=1S/C18H15ClN8O2/c19-10-1-4-13(20-8-10)24-14-6-15(22-11-2-3-11)27-16(25-14)9(7-21-27)5-12-17(28)26-18(29)23-12/h1,4-8,11,28H,2-3H2,(H,20,24)(H2,23,26,29)/b9-5+,22-15?. The molecule has 29 heavy (non-hydrogen) atoms. The summed E-state index contributed by atoms with van der Waals surface area (Å²) in [5.74, 6) is 0.867. The maximum Gasteiger partial charge on any atom is 0.326 e. The van der Waals surface area contributed by atoms with Crippen molar-refractivity contribution in [2.75, 3.05) is 5.32 Å². The highest BCUT2D eigenvalue weighted by atomic mass is 35.5. The van der Waals surface area contributed by atoms with Gasteiger partial charge in [0, 0.05) is 17.5 Å². The number of hydrogen-bond acceptors (Lipinski definition) is 7. The molecule has 0 aromatic carbocycles. The lowest BCUT2D eigenvalue weighted by Gasteiger charge is -2.05. The minimum absolute atomic E-state index is 0.241. The van der Waals surface area contributed by atoms with E-state index in [0.29, 0.717) is 33.0 Å². The Labute approximate surface area is 167 Å². The maximum atomic E-state index is 11.4. The van der Waals surface area contributed by atoms with Gasteiger partial charge in [-0.05, 0) is 31.1 Å². The number of aromatic nitrogens is 6. The molecule has 1 fully saturated rings. The Morgan fingerprint density at radius 1 is 1.28 bits per heavy atom. The van der Waals surface area contributed by atoms with Crippen molar-refractivity contribution in [2.24, 2.45) is 4.99 Å². The number of pyridine rings is 1. The molecule has 0 radical (unpaired) electrons. The number of aromatic amines is 2. The van der Waals surface area contributed by atoms with E-state index in [1.807, 2.05) is 0 Å². The molecule has 4 aromatic heterocycles. The van der Waals surface area contributed by atoms with Crippen molar-refractivity contribution in [2.45, 2.75) is 18.9 Å². The quantitative estimate of drug-likeness (QED) is 0.394. The van der Waals surface area contributed by atoms with Gasteiger partial charge in [-0.3, -0.25) is 9.98 Å². The Hall–Kier alpha value is -3.66. The van der Waals surface area contributed by atoms with Crippen LogP contribution >= 0.6 is 11.6 Å². The molecule has 0 amide bonds. The van der Waals surface area contributed by atoms with Crippen molar-refractivity contribution in [1.29, 1.82) is 0 Å². The van der Waals surface area contributed by atoms with Crippen LogP contribution in [-0.2, 0) is 0 Å². The molecular weight excluding hydrogens is 396 g/mol. The number of H-pyrrole nitrogens is 2. The second-order valence-corrected chi connectivity index (χ2v) is 7.10. The predicted octanol–water partition coefficient (Wildman–Crippen LogP) is 0.854. The number of fused-ring (bicyclic) bond motifs is 1. The van der Waals surface area contributed by atoms with Crippen LogP contribution in [0.1, 0.15) is 18.5 Å². The Bertz CT molecular complexity index is 1380. The van der Waals surface area contributed by atoms with E-state index in [2.05, 4.69) is 30.4 Å². The molecule has 0 saturated heterocycles. The van der Waals surface area contributed by atoms with Crippen molar-refractivity contribution in [1.82, 2.24) is 29.5 Å². The highest BCUT2D eigenvalue weighted by Crippen LogP contribution is 2.22. The first-order chi connectivity index (χ1) is 14.0. The van der Waals surface area contributed by atoms with E-state index < -0.39 is 5.69 Å². The lowest BCUT2D eigenvalue weighted by Crippen LogP contribution is -2.20. The van der Waals surface area contributed by atoms with Gasteiger partial charge >= 0.3 is 5.69 Å². The number of hydrogen-bond donors (Lipinski definition) is 4. The van der Waals surface area contributed by atoms with E-state index in [0.717, 1.165) is 12.8 Å². The molecular formula is C18H15ClN8O2. The van der Waals surface area contributed by atoms with Gasteiger partial charge in [0.05, 0.1) is 17.3 Å². The summed E-state index contributed by atoms with van der Waals surface area (Å²) >= 11 is 5.90. The zero-order valence-corrected chi connectivity index (χ0v) is 15.7. The summed E-state index contributed by atoms with van der Waals surface area (Å²) in [6, 6.07) is 5.56. The van der Waals surface area contributed by atoms with Crippen LogP contribution in [0, 0.1) is 0 Å². The van der Waals surface area contributed by atoms with Gasteiger partial charge < -0.3 is 15.4 Å². The van der Waals surface area contributed by atoms with E-state index in [1.54, 1.807) is 41.2 Å². The lowest BCUT2D eigenvalue weighted by molar-refractivity contribution is 0.454. The molecule has 5 rings (SSSR count). The molecule has 4 aromatic rings. The van der Waals surface area contributed by atoms with E-state index in [1.165, 1.54) is 0 Å². The van der Waals surface area contributed by atoms with Gasteiger partial charge in [0.2, 0.25) is 5.88 Å². The zero-order chi connectivity index (χ0) is 20.0. The molecule has 0 unspecified atom stereocenters. The average Bonchev–Trinajstić information content (AvgIpc) is 3.33. The van der Waals surface area contributed by atoms with Crippen molar-refractivity contribution < 1.29 is 5.11 Å². The second kappa shape index (κ2) is 6.74. The molecule has 0 atom stereocenters. The molecule has 11 heteroatoms. The highest BCUT2D eigenvalue weighted by Gasteiger charge is 2.20. The molecule has 0 spiro atoms. The van der Waals surface area contributed by atoms with Crippen molar-refractivity contribution >= 4 is 35.0 Å². The Morgan fingerprint density at radius 3 is 2.83 bits per heavy atom. The number of halogens is 1. The molecule has 0 bridgehead atoms. The summed E-state index contributed by atoms with van der Waals surface area (Å²) in [5, 5.41) is 18.5. The summed E-state index contributed by atoms with van der Waals surface area (Å²) in [5.41, 5.74) is 0.911. The van der Waals surface area contributed by atoms with Crippen molar-refractivity contribution in [3.8, 4) is 5.88 Å². The second-order valence-electron chi connectivity index (χ2n) is 6.67. The summed E-state index contributed by atoms with van der Waals surface area (Å²) in [6.07, 6.45) is 6.83. The minimum Gasteiger partial charge on any atom is -0.493 e. The van der Waals surface area contributed by atoms with Crippen LogP contribution in [0.15, 0.2) is 40.4 Å². The Balaban J connectivity index is 1.67. The summed E-state index contributed by atoms with van der Waals surface area (Å²) < 4.78 is 1.63. The number of nitrogens with one attached hydrogen (secondary N) is 3. The van der Waals surface area contributed by atoms with Crippen LogP contribution < -0.4 is 21.7 Å². The van der Waals surface area contributed by atoms with Crippen LogP contribution in [0.3, 0.4) is 0 Å². The van der Waals surface area contributed by atoms with Gasteiger partial charge in [0.1, 0.15) is 17.3 Å². The SMILES string of the molecule is O=c1[nH]c(O)c(/C=c2\cnn3c(=NC4CC4)cc(Nc4ccc(Cl)cn4)nc23)[nH]1. The van der Waals surface area contributed by atoms with Crippen LogP contribution in [-0.4, -0.2) is 40.7 Å². The van der Waals surface area contributed by atoms with Gasteiger partial charge in [0.25, 0.3) is 0 Å². The fourth-order valence-electron chi connectivity index (χ4n) is 2.84. The fraction of sp³-hybridized carbons (Fsp3) is 0.167. The normalized spacial score (nSPS) is 15.3. The van der Waals surface area contributed by atoms with Crippen molar-refractivity contribution in [3.05, 3.63) is 62.5 Å². The number of nitrogens with zero attached hydrogens (tertiary/aromatic N) is 5. The average molecular weight is 411 g/mol. The van der Waals surface area contributed by atoms with Gasteiger partial charge in [0.15, 0.2) is 11.1 Å². The molecule has 4 heterocycles. The fourth-order valence-corrected chi connectivity index (χ4v) is 2.95. The summed E-state index contributed by atoms with van der Waals surface area (Å²) in [7, 11) is 0. The smallest absolute Gasteiger partial charge is 0.326 e. The third-order valence-electron chi connectivity index (χ3n) is 4.36. The van der Waals surface area contributed by atoms with Crippen LogP contribution in [0.4, 0.5) is 11.6 Å². The monoisotopic (exact) mass is 410 g/mol. The van der Waals surface area contributed by atoms with E-state index in [4.69, 9.17) is 16.6 Å². The molecule has 1 aliphatic carbocycles. The van der Waals surface area contributed by atoms with E-state index >= 15 is 0 Å². The van der Waals surface area contributed by atoms with Crippen LogP contribution in [0.2, 0.25) is 5.02 Å². The first-order valence-corrected chi connectivity index (χ1v) is 9.27. The first kappa shape index (κ1) is 17.4. The van der Waals surface area contributed by atoms with E-state index in [-0.39, 0.29) is 17.6 Å². The maximum absolute atomic E-state index is 11.4. The molecule has 0 aliphatic heterocycles.